The van der Waals surface area contributed by atoms with Gasteiger partial charge in [0.15, 0.2) is 0 Å². The van der Waals surface area contributed by atoms with Gasteiger partial charge in [0, 0.05) is 23.0 Å². The van der Waals surface area contributed by atoms with Gasteiger partial charge in [0.05, 0.1) is 11.3 Å². The van der Waals surface area contributed by atoms with Crippen LogP contribution in [0.25, 0.3) is 0 Å². The predicted molar refractivity (Wildman–Crippen MR) is 70.6 cm³/mol. The van der Waals surface area contributed by atoms with E-state index in [1.165, 1.54) is 0 Å². The minimum atomic E-state index is -3.07. The summed E-state index contributed by atoms with van der Waals surface area (Å²) in [5, 5.41) is 2.50. The lowest BCUT2D eigenvalue weighted by Gasteiger charge is -2.07. The molecule has 94 valence electrons. The van der Waals surface area contributed by atoms with E-state index in [0.717, 1.165) is 10.7 Å². The number of nitrogen functional groups attached to an aromatic ring is 1. The Balaban J connectivity index is 2.65. The second-order valence-corrected chi connectivity index (χ2v) is 6.79. The zero-order valence-electron chi connectivity index (χ0n) is 9.23. The molecule has 0 saturated carbocycles. The van der Waals surface area contributed by atoms with Crippen LogP contribution >= 0.6 is 15.9 Å². The van der Waals surface area contributed by atoms with Gasteiger partial charge in [-0.2, -0.15) is 0 Å². The lowest BCUT2D eigenvalue weighted by Crippen LogP contribution is -2.29. The Labute approximate surface area is 108 Å². The predicted octanol–water partition coefficient (Wildman–Crippen LogP) is 0.806. The van der Waals surface area contributed by atoms with Crippen molar-refractivity contribution < 1.29 is 13.2 Å². The van der Waals surface area contributed by atoms with E-state index in [0.29, 0.717) is 11.3 Å². The molecule has 0 spiro atoms. The second kappa shape index (κ2) is 5.50. The van der Waals surface area contributed by atoms with Gasteiger partial charge in [-0.05, 0) is 18.2 Å². The van der Waals surface area contributed by atoms with E-state index in [9.17, 15) is 13.2 Å². The molecule has 0 bridgehead atoms. The lowest BCUT2D eigenvalue weighted by atomic mass is 10.2. The average molecular weight is 321 g/mol. The molecule has 17 heavy (non-hydrogen) atoms. The van der Waals surface area contributed by atoms with E-state index >= 15 is 0 Å². The molecule has 1 aromatic rings. The Bertz CT molecular complexity index is 528. The fraction of sp³-hybridized carbons (Fsp3) is 0.300. The van der Waals surface area contributed by atoms with Gasteiger partial charge < -0.3 is 11.1 Å². The number of nitrogens with two attached hydrogens (primary N) is 1. The number of carbonyl (C=O) groups excluding carboxylic acids is 1. The maximum Gasteiger partial charge on any atom is 0.253 e. The van der Waals surface area contributed by atoms with Gasteiger partial charge in [-0.1, -0.05) is 15.9 Å². The van der Waals surface area contributed by atoms with E-state index in [-0.39, 0.29) is 18.2 Å². The summed E-state index contributed by atoms with van der Waals surface area (Å²) in [4.78, 5) is 11.7. The number of hydrogen-bond donors (Lipinski definition) is 2. The maximum atomic E-state index is 11.7. The first-order valence-electron chi connectivity index (χ1n) is 4.80. The molecule has 0 radical (unpaired) electrons. The summed E-state index contributed by atoms with van der Waals surface area (Å²) in [6.07, 6.45) is 1.12. The van der Waals surface area contributed by atoms with Gasteiger partial charge in [-0.15, -0.1) is 0 Å². The highest BCUT2D eigenvalue weighted by Gasteiger charge is 2.10. The first-order chi connectivity index (χ1) is 7.79. The van der Waals surface area contributed by atoms with Crippen LogP contribution in [0.15, 0.2) is 22.7 Å². The van der Waals surface area contributed by atoms with Crippen LogP contribution in [0.5, 0.6) is 0 Å². The zero-order chi connectivity index (χ0) is 13.1. The Morgan fingerprint density at radius 3 is 2.65 bits per heavy atom. The lowest BCUT2D eigenvalue weighted by molar-refractivity contribution is 0.0957. The molecule has 5 nitrogen and oxygen atoms in total. The second-order valence-electron chi connectivity index (χ2n) is 3.62. The van der Waals surface area contributed by atoms with Crippen molar-refractivity contribution in [3.05, 3.63) is 28.2 Å². The summed E-state index contributed by atoms with van der Waals surface area (Å²) in [6.45, 7) is 0.0766. The van der Waals surface area contributed by atoms with Crippen LogP contribution in [0, 0.1) is 0 Å². The minimum Gasteiger partial charge on any atom is -0.398 e. The van der Waals surface area contributed by atoms with Crippen LogP contribution in [0.2, 0.25) is 0 Å². The number of sulfone groups is 1. The van der Waals surface area contributed by atoms with Crippen molar-refractivity contribution >= 4 is 37.4 Å². The molecule has 7 heteroatoms. The summed E-state index contributed by atoms with van der Waals surface area (Å²) in [7, 11) is -3.07. The smallest absolute Gasteiger partial charge is 0.253 e. The molecule has 0 aromatic heterocycles. The molecule has 0 aliphatic rings. The van der Waals surface area contributed by atoms with Crippen LogP contribution in [-0.2, 0) is 9.84 Å². The normalized spacial score (nSPS) is 11.2. The average Bonchev–Trinajstić information content (AvgIpc) is 2.15. The number of halogens is 1. The number of hydrogen-bond acceptors (Lipinski definition) is 4. The molecular weight excluding hydrogens is 308 g/mol. The van der Waals surface area contributed by atoms with E-state index in [2.05, 4.69) is 21.2 Å². The summed E-state index contributed by atoms with van der Waals surface area (Å²) in [5.41, 5.74) is 6.35. The number of amides is 1. The van der Waals surface area contributed by atoms with Gasteiger partial charge in [0.25, 0.3) is 5.91 Å². The summed E-state index contributed by atoms with van der Waals surface area (Å²) in [5.74, 6) is -0.464. The molecule has 0 heterocycles. The number of rotatable bonds is 4. The van der Waals surface area contributed by atoms with Gasteiger partial charge in [-0.3, -0.25) is 4.79 Å². The Hall–Kier alpha value is -1.08. The fourth-order valence-corrected chi connectivity index (χ4v) is 2.04. The van der Waals surface area contributed by atoms with Crippen molar-refractivity contribution in [3.63, 3.8) is 0 Å². The Morgan fingerprint density at radius 1 is 1.47 bits per heavy atom. The van der Waals surface area contributed by atoms with Crippen molar-refractivity contribution in [1.82, 2.24) is 5.32 Å². The molecule has 1 aromatic carbocycles. The van der Waals surface area contributed by atoms with Gasteiger partial charge in [-0.25, -0.2) is 8.42 Å². The molecule has 0 aliphatic carbocycles. The van der Waals surface area contributed by atoms with Gasteiger partial charge in [0.2, 0.25) is 0 Å². The van der Waals surface area contributed by atoms with Gasteiger partial charge in [0.1, 0.15) is 9.84 Å². The standard InChI is InChI=1S/C10H13BrN2O3S/c1-17(15,16)5-4-13-10(14)8-3-2-7(11)6-9(8)12/h2-3,6H,4-5,12H2,1H3,(H,13,14). The highest BCUT2D eigenvalue weighted by Crippen LogP contribution is 2.18. The largest absolute Gasteiger partial charge is 0.398 e. The van der Waals surface area contributed by atoms with Crippen LogP contribution in [0.3, 0.4) is 0 Å². The summed E-state index contributed by atoms with van der Waals surface area (Å²) >= 11 is 3.23. The SMILES string of the molecule is CS(=O)(=O)CCNC(=O)c1ccc(Br)cc1N. The van der Waals surface area contributed by atoms with Crippen molar-refractivity contribution in [2.45, 2.75) is 0 Å². The molecule has 1 amide bonds. The number of nitrogens with one attached hydrogen (secondary N) is 1. The Kier molecular flexibility index (Phi) is 4.53. The van der Waals surface area contributed by atoms with Crippen molar-refractivity contribution in [2.24, 2.45) is 0 Å². The fourth-order valence-electron chi connectivity index (χ4n) is 1.19. The van der Waals surface area contributed by atoms with Crippen LogP contribution in [-0.4, -0.2) is 32.9 Å². The minimum absolute atomic E-state index is 0.0766. The summed E-state index contributed by atoms with van der Waals surface area (Å²) in [6, 6.07) is 4.89. The van der Waals surface area contributed by atoms with Crippen LogP contribution < -0.4 is 11.1 Å². The highest BCUT2D eigenvalue weighted by molar-refractivity contribution is 9.10. The third kappa shape index (κ3) is 4.74. The van der Waals surface area contributed by atoms with Crippen molar-refractivity contribution in [1.29, 1.82) is 0 Å². The number of carbonyl (C=O) groups is 1. The molecule has 0 saturated heterocycles. The van der Waals surface area contributed by atoms with Gasteiger partial charge >= 0.3 is 0 Å². The quantitative estimate of drug-likeness (QED) is 0.803. The van der Waals surface area contributed by atoms with Crippen LogP contribution in [0.4, 0.5) is 5.69 Å². The third-order valence-electron chi connectivity index (χ3n) is 2.02. The topological polar surface area (TPSA) is 89.3 Å². The summed E-state index contributed by atoms with van der Waals surface area (Å²) < 4.78 is 22.5. The zero-order valence-corrected chi connectivity index (χ0v) is 11.6. The molecule has 0 unspecified atom stereocenters. The molecule has 0 aliphatic heterocycles. The molecular formula is C10H13BrN2O3S. The van der Waals surface area contributed by atoms with E-state index in [4.69, 9.17) is 5.73 Å². The highest BCUT2D eigenvalue weighted by atomic mass is 79.9. The van der Waals surface area contributed by atoms with E-state index in [1.807, 2.05) is 0 Å². The van der Waals surface area contributed by atoms with Crippen LogP contribution in [0.1, 0.15) is 10.4 Å². The first-order valence-corrected chi connectivity index (χ1v) is 7.66. The number of anilines is 1. The Morgan fingerprint density at radius 2 is 2.12 bits per heavy atom. The van der Waals surface area contributed by atoms with E-state index < -0.39 is 9.84 Å². The first kappa shape index (κ1) is 14.0. The molecule has 3 N–H and O–H groups in total. The number of benzene rings is 1. The monoisotopic (exact) mass is 320 g/mol. The van der Waals surface area contributed by atoms with E-state index in [1.54, 1.807) is 18.2 Å². The van der Waals surface area contributed by atoms with Crippen molar-refractivity contribution in [2.75, 3.05) is 24.3 Å². The molecule has 0 atom stereocenters. The molecule has 1 rings (SSSR count). The van der Waals surface area contributed by atoms with Crippen molar-refractivity contribution in [3.8, 4) is 0 Å². The molecule has 0 fully saturated rings. The third-order valence-corrected chi connectivity index (χ3v) is 3.46. The maximum absolute atomic E-state index is 11.7.